The van der Waals surface area contributed by atoms with Gasteiger partial charge in [0.25, 0.3) is 0 Å². The van der Waals surface area contributed by atoms with Gasteiger partial charge >= 0.3 is 6.09 Å². The van der Waals surface area contributed by atoms with E-state index in [9.17, 15) is 14.4 Å². The predicted molar refractivity (Wildman–Crippen MR) is 116 cm³/mol. The van der Waals surface area contributed by atoms with Crippen molar-refractivity contribution in [3.63, 3.8) is 0 Å². The van der Waals surface area contributed by atoms with E-state index >= 15 is 0 Å². The third-order valence-electron chi connectivity index (χ3n) is 3.90. The van der Waals surface area contributed by atoms with Gasteiger partial charge in [0, 0.05) is 25.9 Å². The summed E-state index contributed by atoms with van der Waals surface area (Å²) in [4.78, 5) is 42.7. The molecule has 1 atom stereocenters. The number of likely N-dealkylation sites (N-methyl/N-ethyl adjacent to an activating group) is 1. The highest BCUT2D eigenvalue weighted by atomic mass is 32.1. The maximum Gasteiger partial charge on any atom is 0.408 e. The van der Waals surface area contributed by atoms with E-state index in [0.29, 0.717) is 17.2 Å². The lowest BCUT2D eigenvalue weighted by Gasteiger charge is -2.23. The first-order chi connectivity index (χ1) is 14.0. The molecular formula is C21H28N4O4S. The lowest BCUT2D eigenvalue weighted by atomic mass is 10.1. The molecule has 0 spiro atoms. The highest BCUT2D eigenvalue weighted by molar-refractivity contribution is 7.13. The summed E-state index contributed by atoms with van der Waals surface area (Å²) in [5, 5.41) is 7.46. The number of rotatable bonds is 7. The third-order valence-corrected chi connectivity index (χ3v) is 4.71. The van der Waals surface area contributed by atoms with Crippen LogP contribution >= 0.6 is 11.3 Å². The number of alkyl carbamates (subject to hydrolysis) is 1. The lowest BCUT2D eigenvalue weighted by molar-refractivity contribution is -0.128. The molecule has 0 fully saturated rings. The van der Waals surface area contributed by atoms with Crippen molar-refractivity contribution in [2.24, 2.45) is 0 Å². The van der Waals surface area contributed by atoms with Crippen molar-refractivity contribution >= 4 is 34.4 Å². The molecule has 0 aliphatic carbocycles. The minimum absolute atomic E-state index is 0.0771. The summed E-state index contributed by atoms with van der Waals surface area (Å²) >= 11 is 1.23. The average molecular weight is 433 g/mol. The van der Waals surface area contributed by atoms with E-state index < -0.39 is 23.6 Å². The van der Waals surface area contributed by atoms with Crippen molar-refractivity contribution in [3.05, 3.63) is 47.0 Å². The monoisotopic (exact) mass is 432 g/mol. The standard InChI is InChI=1S/C21H28N4O4S/c1-21(2,3)29-20(28)23-16(11-14-9-7-6-8-10-14)18(27)24-19-22-15(13-30-19)12-17(26)25(4)5/h6-10,13,16H,11-12H2,1-5H3,(H,23,28)(H,22,24,27). The van der Waals surface area contributed by atoms with Crippen LogP contribution in [0.2, 0.25) is 0 Å². The predicted octanol–water partition coefficient (Wildman–Crippen LogP) is 2.85. The molecule has 0 aliphatic rings. The van der Waals surface area contributed by atoms with Crippen molar-refractivity contribution in [1.29, 1.82) is 0 Å². The maximum absolute atomic E-state index is 12.9. The Bertz CT molecular complexity index is 875. The minimum Gasteiger partial charge on any atom is -0.444 e. The number of benzene rings is 1. The molecule has 1 aromatic heterocycles. The van der Waals surface area contributed by atoms with Gasteiger partial charge < -0.3 is 20.3 Å². The van der Waals surface area contributed by atoms with Crippen molar-refractivity contribution in [3.8, 4) is 0 Å². The van der Waals surface area contributed by atoms with Gasteiger partial charge in [-0.1, -0.05) is 30.3 Å². The van der Waals surface area contributed by atoms with Crippen LogP contribution in [0.15, 0.2) is 35.7 Å². The molecular weight excluding hydrogens is 404 g/mol. The fraction of sp³-hybridized carbons (Fsp3) is 0.429. The van der Waals surface area contributed by atoms with Gasteiger partial charge in [-0.15, -0.1) is 11.3 Å². The van der Waals surface area contributed by atoms with Crippen molar-refractivity contribution in [2.45, 2.75) is 45.3 Å². The number of hydrogen-bond donors (Lipinski definition) is 2. The minimum atomic E-state index is -0.849. The number of ether oxygens (including phenoxy) is 1. The van der Waals surface area contributed by atoms with Gasteiger partial charge in [0.1, 0.15) is 11.6 Å². The SMILES string of the molecule is CN(C)C(=O)Cc1csc(NC(=O)C(Cc2ccccc2)NC(=O)OC(C)(C)C)n1. The summed E-state index contributed by atoms with van der Waals surface area (Å²) in [6.45, 7) is 5.26. The molecule has 3 amide bonds. The second kappa shape index (κ2) is 10.2. The first kappa shape index (κ1) is 23.3. The van der Waals surface area contributed by atoms with Gasteiger partial charge in [0.2, 0.25) is 11.8 Å². The molecule has 0 bridgehead atoms. The van der Waals surface area contributed by atoms with Crippen LogP contribution in [0.25, 0.3) is 0 Å². The molecule has 2 N–H and O–H groups in total. The molecule has 0 saturated carbocycles. The molecule has 30 heavy (non-hydrogen) atoms. The number of thiazole rings is 1. The average Bonchev–Trinajstić information content (AvgIpc) is 3.07. The molecule has 9 heteroatoms. The molecule has 1 aromatic carbocycles. The Morgan fingerprint density at radius 3 is 2.43 bits per heavy atom. The summed E-state index contributed by atoms with van der Waals surface area (Å²) in [6, 6.07) is 8.53. The first-order valence-electron chi connectivity index (χ1n) is 9.52. The smallest absolute Gasteiger partial charge is 0.408 e. The lowest BCUT2D eigenvalue weighted by Crippen LogP contribution is -2.47. The van der Waals surface area contributed by atoms with Crippen LogP contribution in [0, 0.1) is 0 Å². The van der Waals surface area contributed by atoms with Crippen LogP contribution < -0.4 is 10.6 Å². The Morgan fingerprint density at radius 2 is 1.83 bits per heavy atom. The van der Waals surface area contributed by atoms with Gasteiger partial charge in [-0.3, -0.25) is 9.59 Å². The Hall–Kier alpha value is -2.94. The Labute approximate surface area is 180 Å². The number of aromatic nitrogens is 1. The largest absolute Gasteiger partial charge is 0.444 e. The quantitative estimate of drug-likeness (QED) is 0.701. The van der Waals surface area contributed by atoms with Gasteiger partial charge in [0.15, 0.2) is 5.13 Å². The van der Waals surface area contributed by atoms with Crippen molar-refractivity contribution in [1.82, 2.24) is 15.2 Å². The fourth-order valence-corrected chi connectivity index (χ4v) is 3.17. The summed E-state index contributed by atoms with van der Waals surface area (Å²) in [5.74, 6) is -0.490. The number of amides is 3. The highest BCUT2D eigenvalue weighted by Crippen LogP contribution is 2.17. The molecule has 1 unspecified atom stereocenters. The van der Waals surface area contributed by atoms with E-state index in [1.54, 1.807) is 40.2 Å². The van der Waals surface area contributed by atoms with Crippen LogP contribution in [0.4, 0.5) is 9.93 Å². The second-order valence-corrected chi connectivity index (χ2v) is 8.84. The molecule has 1 heterocycles. The van der Waals surface area contributed by atoms with E-state index in [1.807, 2.05) is 30.3 Å². The molecule has 162 valence electrons. The third kappa shape index (κ3) is 7.82. The second-order valence-electron chi connectivity index (χ2n) is 7.99. The van der Waals surface area contributed by atoms with Crippen LogP contribution in [-0.4, -0.2) is 53.5 Å². The number of nitrogens with one attached hydrogen (secondary N) is 2. The van der Waals surface area contributed by atoms with E-state index in [2.05, 4.69) is 15.6 Å². The molecule has 0 saturated heterocycles. The number of nitrogens with zero attached hydrogens (tertiary/aromatic N) is 2. The van der Waals surface area contributed by atoms with E-state index in [1.165, 1.54) is 16.2 Å². The number of carbonyl (C=O) groups excluding carboxylic acids is 3. The fourth-order valence-electron chi connectivity index (χ4n) is 2.46. The van der Waals surface area contributed by atoms with Crippen LogP contribution in [-0.2, 0) is 27.2 Å². The summed E-state index contributed by atoms with van der Waals surface area (Å²) < 4.78 is 5.29. The zero-order valence-electron chi connectivity index (χ0n) is 17.9. The Morgan fingerprint density at radius 1 is 1.17 bits per heavy atom. The number of carbonyl (C=O) groups is 3. The summed E-state index contributed by atoms with van der Waals surface area (Å²) in [5.41, 5.74) is 0.792. The van der Waals surface area contributed by atoms with Gasteiger partial charge in [0.05, 0.1) is 12.1 Å². The van der Waals surface area contributed by atoms with Crippen LogP contribution in [0.5, 0.6) is 0 Å². The normalized spacial score (nSPS) is 12.0. The van der Waals surface area contributed by atoms with Gasteiger partial charge in [-0.2, -0.15) is 0 Å². The number of hydrogen-bond acceptors (Lipinski definition) is 6. The molecule has 2 aromatic rings. The molecule has 2 rings (SSSR count). The van der Waals surface area contributed by atoms with Crippen molar-refractivity contribution < 1.29 is 19.1 Å². The van der Waals surface area contributed by atoms with Gasteiger partial charge in [-0.25, -0.2) is 9.78 Å². The van der Waals surface area contributed by atoms with E-state index in [-0.39, 0.29) is 12.3 Å². The van der Waals surface area contributed by atoms with Gasteiger partial charge in [-0.05, 0) is 26.3 Å². The molecule has 8 nitrogen and oxygen atoms in total. The highest BCUT2D eigenvalue weighted by Gasteiger charge is 2.25. The Balaban J connectivity index is 2.09. The van der Waals surface area contributed by atoms with Crippen LogP contribution in [0.3, 0.4) is 0 Å². The van der Waals surface area contributed by atoms with E-state index in [0.717, 1.165) is 5.56 Å². The zero-order chi connectivity index (χ0) is 22.3. The summed E-state index contributed by atoms with van der Waals surface area (Å²) in [7, 11) is 3.35. The topological polar surface area (TPSA) is 101 Å². The van der Waals surface area contributed by atoms with E-state index in [4.69, 9.17) is 4.74 Å². The molecule has 0 aliphatic heterocycles. The number of anilines is 1. The summed E-state index contributed by atoms with van der Waals surface area (Å²) in [6.07, 6.45) is -0.221. The zero-order valence-corrected chi connectivity index (χ0v) is 18.7. The van der Waals surface area contributed by atoms with Crippen molar-refractivity contribution in [2.75, 3.05) is 19.4 Å². The maximum atomic E-state index is 12.9. The molecule has 0 radical (unpaired) electrons. The Kier molecular flexibility index (Phi) is 7.93. The van der Waals surface area contributed by atoms with Crippen LogP contribution in [0.1, 0.15) is 32.0 Å². The first-order valence-corrected chi connectivity index (χ1v) is 10.4.